The normalized spacial score (nSPS) is 13.7. The monoisotopic (exact) mass is 319 g/mol. The maximum Gasteiger partial charge on any atom is 0.416 e. The van der Waals surface area contributed by atoms with Gasteiger partial charge in [0.25, 0.3) is 0 Å². The first-order valence-electron chi connectivity index (χ1n) is 7.30. The van der Waals surface area contributed by atoms with E-state index in [1.807, 2.05) is 18.7 Å². The highest BCUT2D eigenvalue weighted by Crippen LogP contribution is 2.29. The van der Waals surface area contributed by atoms with Crippen LogP contribution in [-0.2, 0) is 12.6 Å². The van der Waals surface area contributed by atoms with E-state index >= 15 is 0 Å². The molecular formula is C16H24F3NS. The van der Waals surface area contributed by atoms with Crippen LogP contribution in [0.3, 0.4) is 0 Å². The molecule has 120 valence electrons. The zero-order chi connectivity index (χ0) is 15.9. The summed E-state index contributed by atoms with van der Waals surface area (Å²) < 4.78 is 38.2. The second-order valence-corrected chi connectivity index (χ2v) is 6.66. The van der Waals surface area contributed by atoms with Crippen molar-refractivity contribution in [2.75, 3.05) is 18.1 Å². The molecule has 0 aliphatic heterocycles. The predicted molar refractivity (Wildman–Crippen MR) is 84.8 cm³/mol. The van der Waals surface area contributed by atoms with E-state index in [4.69, 9.17) is 0 Å². The van der Waals surface area contributed by atoms with Gasteiger partial charge < -0.3 is 5.32 Å². The van der Waals surface area contributed by atoms with Crippen molar-refractivity contribution in [3.05, 3.63) is 35.4 Å². The van der Waals surface area contributed by atoms with E-state index in [0.29, 0.717) is 12.3 Å². The Morgan fingerprint density at radius 1 is 1.19 bits per heavy atom. The number of nitrogens with one attached hydrogen (secondary N) is 1. The predicted octanol–water partition coefficient (Wildman–Crippen LogP) is 4.62. The van der Waals surface area contributed by atoms with Crippen LogP contribution in [0.15, 0.2) is 24.3 Å². The van der Waals surface area contributed by atoms with E-state index < -0.39 is 11.7 Å². The molecule has 1 aromatic rings. The van der Waals surface area contributed by atoms with Crippen LogP contribution in [0.5, 0.6) is 0 Å². The van der Waals surface area contributed by atoms with Crippen LogP contribution in [-0.4, -0.2) is 24.1 Å². The van der Waals surface area contributed by atoms with Crippen LogP contribution in [0.2, 0.25) is 0 Å². The highest BCUT2D eigenvalue weighted by Gasteiger charge is 2.30. The first-order valence-corrected chi connectivity index (χ1v) is 8.45. The first kappa shape index (κ1) is 18.4. The van der Waals surface area contributed by atoms with Gasteiger partial charge in [0.1, 0.15) is 0 Å². The van der Waals surface area contributed by atoms with Crippen LogP contribution in [0.1, 0.15) is 31.9 Å². The van der Waals surface area contributed by atoms with Crippen molar-refractivity contribution in [3.8, 4) is 0 Å². The lowest BCUT2D eigenvalue weighted by molar-refractivity contribution is -0.137. The standard InChI is InChI=1S/C16H24F3NS/c1-4-20-15(11-21-10-12(2)3)9-13-6-5-7-14(8-13)16(17,18)19/h5-8,12,15,20H,4,9-11H2,1-3H3. The molecule has 1 rings (SSSR count). The molecule has 0 radical (unpaired) electrons. The van der Waals surface area contributed by atoms with Crippen LogP contribution in [0.25, 0.3) is 0 Å². The van der Waals surface area contributed by atoms with Gasteiger partial charge in [-0.1, -0.05) is 39.0 Å². The van der Waals surface area contributed by atoms with Gasteiger partial charge in [0.15, 0.2) is 0 Å². The Hall–Kier alpha value is -0.680. The quantitative estimate of drug-likeness (QED) is 0.750. The lowest BCUT2D eigenvalue weighted by Gasteiger charge is -2.19. The Bertz CT molecular complexity index is 418. The Morgan fingerprint density at radius 2 is 1.90 bits per heavy atom. The second-order valence-electron chi connectivity index (χ2n) is 5.59. The molecule has 1 aromatic carbocycles. The Labute approximate surface area is 129 Å². The summed E-state index contributed by atoms with van der Waals surface area (Å²) in [6.45, 7) is 7.18. The molecule has 1 atom stereocenters. The number of likely N-dealkylation sites (N-methyl/N-ethyl adjacent to an activating group) is 1. The number of halogens is 3. The smallest absolute Gasteiger partial charge is 0.313 e. The zero-order valence-electron chi connectivity index (χ0n) is 12.8. The van der Waals surface area contributed by atoms with E-state index in [-0.39, 0.29) is 6.04 Å². The lowest BCUT2D eigenvalue weighted by Crippen LogP contribution is -2.33. The number of alkyl halides is 3. The fraction of sp³-hybridized carbons (Fsp3) is 0.625. The molecule has 0 fully saturated rings. The van der Waals surface area contributed by atoms with Crippen LogP contribution >= 0.6 is 11.8 Å². The summed E-state index contributed by atoms with van der Waals surface area (Å²) >= 11 is 1.85. The third kappa shape index (κ3) is 7.23. The molecule has 0 heterocycles. The van der Waals surface area contributed by atoms with Gasteiger partial charge in [0.05, 0.1) is 5.56 Å². The summed E-state index contributed by atoms with van der Waals surface area (Å²) in [6.07, 6.45) is -3.64. The molecule has 5 heteroatoms. The van der Waals surface area contributed by atoms with Gasteiger partial charge in [-0.15, -0.1) is 0 Å². The summed E-state index contributed by atoms with van der Waals surface area (Å²) in [5.41, 5.74) is 0.172. The summed E-state index contributed by atoms with van der Waals surface area (Å²) in [5.74, 6) is 2.62. The first-order chi connectivity index (χ1) is 9.82. The van der Waals surface area contributed by atoms with Gasteiger partial charge in [-0.05, 0) is 36.3 Å². The molecule has 0 bridgehead atoms. The Morgan fingerprint density at radius 3 is 2.48 bits per heavy atom. The summed E-state index contributed by atoms with van der Waals surface area (Å²) in [5, 5.41) is 3.36. The van der Waals surface area contributed by atoms with Crippen molar-refractivity contribution in [3.63, 3.8) is 0 Å². The van der Waals surface area contributed by atoms with Gasteiger partial charge in [0.2, 0.25) is 0 Å². The molecule has 0 amide bonds. The molecular weight excluding hydrogens is 295 g/mol. The average Bonchev–Trinajstić information content (AvgIpc) is 2.38. The molecule has 1 nitrogen and oxygen atoms in total. The van der Waals surface area contributed by atoms with Crippen molar-refractivity contribution in [1.29, 1.82) is 0 Å². The number of thioether (sulfide) groups is 1. The molecule has 0 aliphatic carbocycles. The highest BCUT2D eigenvalue weighted by molar-refractivity contribution is 7.99. The summed E-state index contributed by atoms with van der Waals surface area (Å²) in [4.78, 5) is 0. The van der Waals surface area contributed by atoms with E-state index in [2.05, 4.69) is 19.2 Å². The van der Waals surface area contributed by atoms with Crippen molar-refractivity contribution in [2.45, 2.75) is 39.4 Å². The van der Waals surface area contributed by atoms with Gasteiger partial charge >= 0.3 is 6.18 Å². The number of benzene rings is 1. The van der Waals surface area contributed by atoms with Crippen LogP contribution < -0.4 is 5.32 Å². The molecule has 1 N–H and O–H groups in total. The molecule has 0 spiro atoms. The SMILES string of the molecule is CCNC(CSCC(C)C)Cc1cccc(C(F)(F)F)c1. The van der Waals surface area contributed by atoms with E-state index in [9.17, 15) is 13.2 Å². The van der Waals surface area contributed by atoms with Gasteiger partial charge in [-0.3, -0.25) is 0 Å². The minimum Gasteiger partial charge on any atom is -0.313 e. The summed E-state index contributed by atoms with van der Waals surface area (Å²) in [6, 6.07) is 5.86. The number of rotatable bonds is 8. The third-order valence-corrected chi connectivity index (χ3v) is 4.54. The molecule has 0 saturated carbocycles. The van der Waals surface area contributed by atoms with Crippen LogP contribution in [0.4, 0.5) is 13.2 Å². The second kappa shape index (κ2) is 8.69. The van der Waals surface area contributed by atoms with Gasteiger partial charge in [-0.2, -0.15) is 24.9 Å². The van der Waals surface area contributed by atoms with Crippen molar-refractivity contribution >= 4 is 11.8 Å². The molecule has 21 heavy (non-hydrogen) atoms. The van der Waals surface area contributed by atoms with Crippen molar-refractivity contribution in [2.24, 2.45) is 5.92 Å². The Balaban J connectivity index is 2.65. The summed E-state index contributed by atoms with van der Waals surface area (Å²) in [7, 11) is 0. The fourth-order valence-electron chi connectivity index (χ4n) is 2.08. The minimum absolute atomic E-state index is 0.210. The maximum atomic E-state index is 12.7. The van der Waals surface area contributed by atoms with Crippen molar-refractivity contribution in [1.82, 2.24) is 5.32 Å². The average molecular weight is 319 g/mol. The molecule has 0 saturated heterocycles. The minimum atomic E-state index is -4.27. The largest absolute Gasteiger partial charge is 0.416 e. The maximum absolute atomic E-state index is 12.7. The number of hydrogen-bond donors (Lipinski definition) is 1. The fourth-order valence-corrected chi connectivity index (χ4v) is 3.21. The molecule has 0 aliphatic rings. The van der Waals surface area contributed by atoms with E-state index in [1.165, 1.54) is 12.1 Å². The highest BCUT2D eigenvalue weighted by atomic mass is 32.2. The molecule has 1 unspecified atom stereocenters. The molecule has 0 aromatic heterocycles. The van der Waals surface area contributed by atoms with Crippen molar-refractivity contribution < 1.29 is 13.2 Å². The van der Waals surface area contributed by atoms with E-state index in [0.717, 1.165) is 29.7 Å². The zero-order valence-corrected chi connectivity index (χ0v) is 13.7. The lowest BCUT2D eigenvalue weighted by atomic mass is 10.0. The van der Waals surface area contributed by atoms with Gasteiger partial charge in [0, 0.05) is 11.8 Å². The Kier molecular flexibility index (Phi) is 7.60. The van der Waals surface area contributed by atoms with Crippen LogP contribution in [0, 0.1) is 5.92 Å². The topological polar surface area (TPSA) is 12.0 Å². The van der Waals surface area contributed by atoms with Gasteiger partial charge in [-0.25, -0.2) is 0 Å². The number of hydrogen-bond acceptors (Lipinski definition) is 2. The third-order valence-electron chi connectivity index (χ3n) is 3.00. The van der Waals surface area contributed by atoms with E-state index in [1.54, 1.807) is 6.07 Å².